The largest absolute Gasteiger partial charge is 0.466 e. The number of nitrogens with zero attached hydrogens (tertiary/aromatic N) is 1. The van der Waals surface area contributed by atoms with Gasteiger partial charge in [-0.1, -0.05) is 13.8 Å². The first kappa shape index (κ1) is 14.9. The third kappa shape index (κ3) is 4.27. The van der Waals surface area contributed by atoms with Crippen LogP contribution >= 0.6 is 0 Å². The summed E-state index contributed by atoms with van der Waals surface area (Å²) in [6.45, 7) is 6.17. The van der Waals surface area contributed by atoms with Crippen LogP contribution in [0, 0.1) is 27.4 Å². The molecule has 0 radical (unpaired) electrons. The van der Waals surface area contributed by atoms with Crippen LogP contribution in [0.2, 0.25) is 0 Å². The number of hydrogen-bond acceptors (Lipinski definition) is 4. The minimum Gasteiger partial charge on any atom is -0.466 e. The molecule has 0 heterocycles. The van der Waals surface area contributed by atoms with E-state index < -0.39 is 5.41 Å². The van der Waals surface area contributed by atoms with Gasteiger partial charge in [0.2, 0.25) is 6.54 Å². The molecule has 1 aliphatic carbocycles. The summed E-state index contributed by atoms with van der Waals surface area (Å²) in [4.78, 5) is 22.3. The van der Waals surface area contributed by atoms with Crippen LogP contribution in [0.15, 0.2) is 0 Å². The van der Waals surface area contributed by atoms with E-state index in [2.05, 4.69) is 13.8 Å². The maximum Gasteiger partial charge on any atom is 0.306 e. The van der Waals surface area contributed by atoms with Gasteiger partial charge in [-0.05, 0) is 38.0 Å². The highest BCUT2D eigenvalue weighted by Crippen LogP contribution is 2.44. The summed E-state index contributed by atoms with van der Waals surface area (Å²) >= 11 is 0. The average Bonchev–Trinajstić information content (AvgIpc) is 2.12. The Bertz CT molecular complexity index is 306. The van der Waals surface area contributed by atoms with Crippen molar-refractivity contribution in [1.29, 1.82) is 0 Å². The van der Waals surface area contributed by atoms with Crippen molar-refractivity contribution in [2.75, 3.05) is 13.2 Å². The van der Waals surface area contributed by atoms with Gasteiger partial charge in [0, 0.05) is 10.3 Å². The predicted molar refractivity (Wildman–Crippen MR) is 67.7 cm³/mol. The molecule has 0 bridgehead atoms. The molecule has 1 aliphatic rings. The summed E-state index contributed by atoms with van der Waals surface area (Å²) in [6, 6.07) is 0. The molecule has 1 fully saturated rings. The number of carbonyl (C=O) groups excluding carboxylic acids is 1. The molecule has 5 heteroatoms. The van der Waals surface area contributed by atoms with Crippen molar-refractivity contribution in [3.05, 3.63) is 10.1 Å². The third-order valence-electron chi connectivity index (χ3n) is 3.66. The summed E-state index contributed by atoms with van der Waals surface area (Å²) in [5, 5.41) is 10.9. The fourth-order valence-corrected chi connectivity index (χ4v) is 3.54. The minimum absolute atomic E-state index is 0.125. The Hall–Kier alpha value is -1.13. The van der Waals surface area contributed by atoms with Crippen molar-refractivity contribution in [3.63, 3.8) is 0 Å². The smallest absolute Gasteiger partial charge is 0.306 e. The van der Waals surface area contributed by atoms with E-state index in [4.69, 9.17) is 4.74 Å². The molecular weight excluding hydrogens is 234 g/mol. The zero-order valence-electron chi connectivity index (χ0n) is 11.5. The quantitative estimate of drug-likeness (QED) is 0.431. The van der Waals surface area contributed by atoms with Gasteiger partial charge in [-0.3, -0.25) is 14.9 Å². The van der Waals surface area contributed by atoms with Crippen LogP contribution in [0.4, 0.5) is 0 Å². The van der Waals surface area contributed by atoms with Crippen molar-refractivity contribution in [3.8, 4) is 0 Å². The second kappa shape index (κ2) is 6.16. The highest BCUT2D eigenvalue weighted by Gasteiger charge is 2.43. The van der Waals surface area contributed by atoms with E-state index in [0.717, 1.165) is 19.3 Å². The van der Waals surface area contributed by atoms with Crippen LogP contribution in [0.1, 0.15) is 46.5 Å². The molecule has 1 saturated carbocycles. The Morgan fingerprint density at radius 3 is 2.39 bits per heavy atom. The topological polar surface area (TPSA) is 69.4 Å². The van der Waals surface area contributed by atoms with E-state index in [-0.39, 0.29) is 23.9 Å². The van der Waals surface area contributed by atoms with E-state index in [1.54, 1.807) is 6.92 Å². The van der Waals surface area contributed by atoms with Gasteiger partial charge in [-0.15, -0.1) is 0 Å². The molecule has 0 aliphatic heterocycles. The molecule has 104 valence electrons. The molecule has 0 saturated heterocycles. The van der Waals surface area contributed by atoms with Gasteiger partial charge in [0.15, 0.2) is 0 Å². The van der Waals surface area contributed by atoms with Gasteiger partial charge in [-0.2, -0.15) is 0 Å². The van der Waals surface area contributed by atoms with Crippen LogP contribution < -0.4 is 0 Å². The molecule has 0 spiro atoms. The molecule has 0 amide bonds. The monoisotopic (exact) mass is 257 g/mol. The van der Waals surface area contributed by atoms with E-state index in [0.29, 0.717) is 18.4 Å². The van der Waals surface area contributed by atoms with Gasteiger partial charge < -0.3 is 4.74 Å². The molecule has 3 atom stereocenters. The lowest BCUT2D eigenvalue weighted by atomic mass is 9.64. The number of esters is 1. The second-order valence-corrected chi connectivity index (χ2v) is 5.83. The minimum atomic E-state index is -0.507. The molecule has 0 N–H and O–H groups in total. The van der Waals surface area contributed by atoms with Crippen molar-refractivity contribution < 1.29 is 14.5 Å². The van der Waals surface area contributed by atoms with E-state index in [1.165, 1.54) is 0 Å². The van der Waals surface area contributed by atoms with Gasteiger partial charge >= 0.3 is 5.97 Å². The normalized spacial score (nSPS) is 31.9. The third-order valence-corrected chi connectivity index (χ3v) is 3.66. The van der Waals surface area contributed by atoms with Crippen molar-refractivity contribution >= 4 is 5.97 Å². The van der Waals surface area contributed by atoms with Crippen LogP contribution in [0.5, 0.6) is 0 Å². The van der Waals surface area contributed by atoms with E-state index in [9.17, 15) is 14.9 Å². The van der Waals surface area contributed by atoms with Gasteiger partial charge in [0.1, 0.15) is 0 Å². The number of nitro groups is 1. The molecule has 1 unspecified atom stereocenters. The van der Waals surface area contributed by atoms with Crippen LogP contribution in [0.25, 0.3) is 0 Å². The average molecular weight is 257 g/mol. The van der Waals surface area contributed by atoms with Gasteiger partial charge in [0.25, 0.3) is 0 Å². The lowest BCUT2D eigenvalue weighted by molar-refractivity contribution is -0.499. The Labute approximate surface area is 108 Å². The zero-order valence-corrected chi connectivity index (χ0v) is 11.5. The molecule has 5 nitrogen and oxygen atoms in total. The summed E-state index contributed by atoms with van der Waals surface area (Å²) in [7, 11) is 0. The Morgan fingerprint density at radius 1 is 1.39 bits per heavy atom. The summed E-state index contributed by atoms with van der Waals surface area (Å²) < 4.78 is 4.96. The summed E-state index contributed by atoms with van der Waals surface area (Å²) in [5.41, 5.74) is -0.507. The van der Waals surface area contributed by atoms with Crippen molar-refractivity contribution in [2.24, 2.45) is 17.3 Å². The summed E-state index contributed by atoms with van der Waals surface area (Å²) in [6.07, 6.45) is 2.76. The van der Waals surface area contributed by atoms with Crippen LogP contribution in [0.3, 0.4) is 0 Å². The summed E-state index contributed by atoms with van der Waals surface area (Å²) in [5.74, 6) is 0.562. The molecule has 0 aromatic heterocycles. The molecule has 18 heavy (non-hydrogen) atoms. The van der Waals surface area contributed by atoms with Crippen LogP contribution in [-0.2, 0) is 9.53 Å². The molecule has 0 aromatic carbocycles. The Morgan fingerprint density at radius 2 is 1.94 bits per heavy atom. The first-order valence-corrected chi connectivity index (χ1v) is 6.64. The van der Waals surface area contributed by atoms with Crippen LogP contribution in [-0.4, -0.2) is 24.0 Å². The van der Waals surface area contributed by atoms with E-state index in [1.807, 2.05) is 0 Å². The van der Waals surface area contributed by atoms with Gasteiger partial charge in [0.05, 0.1) is 13.0 Å². The zero-order chi connectivity index (χ0) is 13.8. The molecule has 1 rings (SSSR count). The molecular formula is C13H23NO4. The first-order valence-electron chi connectivity index (χ1n) is 6.64. The predicted octanol–water partition coefficient (Wildman–Crippen LogP) is 2.66. The standard InChI is InChI=1S/C13H23NO4/c1-4-18-12(15)8-13(9-14(16)17)6-10(2)5-11(3)7-13/h10-11H,4-9H2,1-3H3/t10-,11+,13?. The number of ether oxygens (including phenoxy) is 1. The fourth-order valence-electron chi connectivity index (χ4n) is 3.54. The number of carbonyl (C=O) groups is 1. The maximum atomic E-state index is 11.7. The second-order valence-electron chi connectivity index (χ2n) is 5.83. The Kier molecular flexibility index (Phi) is 5.11. The van der Waals surface area contributed by atoms with Crippen molar-refractivity contribution in [1.82, 2.24) is 0 Å². The molecule has 0 aromatic rings. The number of rotatable bonds is 5. The fraction of sp³-hybridized carbons (Fsp3) is 0.923. The lowest BCUT2D eigenvalue weighted by Crippen LogP contribution is -2.39. The number of hydrogen-bond donors (Lipinski definition) is 0. The van der Waals surface area contributed by atoms with E-state index >= 15 is 0 Å². The lowest BCUT2D eigenvalue weighted by Gasteiger charge is -2.39. The maximum absolute atomic E-state index is 11.7. The first-order chi connectivity index (χ1) is 8.37. The highest BCUT2D eigenvalue weighted by molar-refractivity contribution is 5.70. The van der Waals surface area contributed by atoms with Gasteiger partial charge in [-0.25, -0.2) is 0 Å². The highest BCUT2D eigenvalue weighted by atomic mass is 16.6. The SMILES string of the molecule is CCOC(=O)CC1(C[N+](=O)[O-])C[C@H](C)C[C@H](C)C1. The van der Waals surface area contributed by atoms with Crippen molar-refractivity contribution in [2.45, 2.75) is 46.5 Å². The Balaban J connectivity index is 2.80.